The Labute approximate surface area is 186 Å². The van der Waals surface area contributed by atoms with Crippen molar-refractivity contribution in [2.75, 3.05) is 33.3 Å². The van der Waals surface area contributed by atoms with E-state index in [1.165, 1.54) is 29.3 Å². The van der Waals surface area contributed by atoms with Crippen molar-refractivity contribution in [2.24, 2.45) is 0 Å². The molecule has 5 nitrogen and oxygen atoms in total. The highest BCUT2D eigenvalue weighted by Crippen LogP contribution is 2.36. The van der Waals surface area contributed by atoms with Crippen LogP contribution in [0.2, 0.25) is 5.02 Å². The Morgan fingerprint density at radius 3 is 2.58 bits per heavy atom. The minimum absolute atomic E-state index is 0.0264. The van der Waals surface area contributed by atoms with Crippen molar-refractivity contribution >= 4 is 23.4 Å². The Balaban J connectivity index is 1.36. The van der Waals surface area contributed by atoms with Crippen molar-refractivity contribution < 1.29 is 18.7 Å². The second kappa shape index (κ2) is 9.27. The van der Waals surface area contributed by atoms with Crippen LogP contribution in [-0.4, -0.2) is 54.9 Å². The first-order valence-corrected chi connectivity index (χ1v) is 11.0. The molecular weight excluding hydrogens is 419 g/mol. The molecule has 0 bridgehead atoms. The van der Waals surface area contributed by atoms with Crippen LogP contribution in [-0.2, 0) is 11.2 Å². The van der Waals surface area contributed by atoms with E-state index in [0.29, 0.717) is 37.6 Å². The van der Waals surface area contributed by atoms with Gasteiger partial charge in [-0.2, -0.15) is 0 Å². The number of halogens is 2. The number of nitrogens with zero attached hydrogens (tertiary/aromatic N) is 2. The Bertz CT molecular complexity index is 989. The molecule has 1 atom stereocenters. The molecule has 0 radical (unpaired) electrons. The molecule has 2 amide bonds. The van der Waals surface area contributed by atoms with Gasteiger partial charge in [0.05, 0.1) is 12.7 Å². The Morgan fingerprint density at radius 1 is 1.10 bits per heavy atom. The molecule has 1 fully saturated rings. The third-order valence-electron chi connectivity index (χ3n) is 6.29. The maximum absolute atomic E-state index is 14.0. The lowest BCUT2D eigenvalue weighted by molar-refractivity contribution is -0.133. The highest BCUT2D eigenvalue weighted by atomic mass is 35.5. The second-order valence-electron chi connectivity index (χ2n) is 8.16. The van der Waals surface area contributed by atoms with Gasteiger partial charge in [-0.15, -0.1) is 0 Å². The van der Waals surface area contributed by atoms with Gasteiger partial charge in [-0.1, -0.05) is 17.7 Å². The second-order valence-corrected chi connectivity index (χ2v) is 8.59. The quantitative estimate of drug-likeness (QED) is 0.707. The average molecular weight is 445 g/mol. The maximum Gasteiger partial charge on any atom is 0.257 e. The molecule has 0 N–H and O–H groups in total. The van der Waals surface area contributed by atoms with Crippen LogP contribution in [0, 0.1) is 5.82 Å². The monoisotopic (exact) mass is 444 g/mol. The molecule has 1 aliphatic carbocycles. The fourth-order valence-electron chi connectivity index (χ4n) is 4.56. The number of ether oxygens (including phenoxy) is 1. The number of methoxy groups -OCH3 is 1. The zero-order valence-electron chi connectivity index (χ0n) is 17.6. The summed E-state index contributed by atoms with van der Waals surface area (Å²) in [6, 6.07) is 10.1. The molecule has 1 saturated heterocycles. The highest BCUT2D eigenvalue weighted by molar-refractivity contribution is 6.31. The maximum atomic E-state index is 14.0. The fraction of sp³-hybridized carbons (Fsp3) is 0.417. The highest BCUT2D eigenvalue weighted by Gasteiger charge is 2.29. The van der Waals surface area contributed by atoms with E-state index in [-0.39, 0.29) is 23.3 Å². The van der Waals surface area contributed by atoms with Crippen molar-refractivity contribution in [3.8, 4) is 5.75 Å². The largest absolute Gasteiger partial charge is 0.497 e. The predicted octanol–water partition coefficient (Wildman–Crippen LogP) is 4.28. The van der Waals surface area contributed by atoms with E-state index >= 15 is 0 Å². The van der Waals surface area contributed by atoms with Crippen LogP contribution in [0.4, 0.5) is 4.39 Å². The first kappa shape index (κ1) is 21.6. The number of carbonyl (C=O) groups is 2. The lowest BCUT2D eigenvalue weighted by atomic mass is 9.80. The number of rotatable bonds is 4. The summed E-state index contributed by atoms with van der Waals surface area (Å²) in [4.78, 5) is 29.0. The Hall–Kier alpha value is -2.60. The predicted molar refractivity (Wildman–Crippen MR) is 117 cm³/mol. The third-order valence-corrected chi connectivity index (χ3v) is 6.52. The van der Waals surface area contributed by atoms with Gasteiger partial charge in [-0.3, -0.25) is 9.59 Å². The molecule has 0 saturated carbocycles. The summed E-state index contributed by atoms with van der Waals surface area (Å²) in [5.74, 6) is 0.197. The van der Waals surface area contributed by atoms with E-state index in [1.807, 2.05) is 11.0 Å². The SMILES string of the molecule is COc1ccc2c(c1)CCCC2CC(=O)N1CCN(C(=O)c2cc(Cl)ccc2F)CC1. The van der Waals surface area contributed by atoms with Gasteiger partial charge < -0.3 is 14.5 Å². The number of fused-ring (bicyclic) bond motifs is 1. The van der Waals surface area contributed by atoms with Gasteiger partial charge in [0.25, 0.3) is 5.91 Å². The molecule has 1 unspecified atom stereocenters. The van der Waals surface area contributed by atoms with E-state index in [4.69, 9.17) is 16.3 Å². The summed E-state index contributed by atoms with van der Waals surface area (Å²) in [7, 11) is 1.66. The van der Waals surface area contributed by atoms with Gasteiger partial charge in [0, 0.05) is 37.6 Å². The van der Waals surface area contributed by atoms with Crippen LogP contribution in [0.25, 0.3) is 0 Å². The Kier molecular flexibility index (Phi) is 6.46. The lowest BCUT2D eigenvalue weighted by Crippen LogP contribution is -2.51. The number of carbonyl (C=O) groups excluding carboxylic acids is 2. The van der Waals surface area contributed by atoms with Crippen molar-refractivity contribution in [3.63, 3.8) is 0 Å². The summed E-state index contributed by atoms with van der Waals surface area (Å²) < 4.78 is 19.4. The molecule has 1 aliphatic heterocycles. The first-order chi connectivity index (χ1) is 15.0. The van der Waals surface area contributed by atoms with E-state index in [0.717, 1.165) is 25.0 Å². The van der Waals surface area contributed by atoms with E-state index in [9.17, 15) is 14.0 Å². The summed E-state index contributed by atoms with van der Waals surface area (Å²) >= 11 is 5.91. The number of hydrogen-bond acceptors (Lipinski definition) is 3. The molecule has 2 aliphatic rings. The molecule has 0 aromatic heterocycles. The average Bonchev–Trinajstić information content (AvgIpc) is 2.80. The smallest absolute Gasteiger partial charge is 0.257 e. The van der Waals surface area contributed by atoms with Crippen LogP contribution in [0.1, 0.15) is 46.7 Å². The standard InChI is InChI=1S/C24H26ClFN2O3/c1-31-19-6-7-20-16(13-19)3-2-4-17(20)14-23(29)27-9-11-28(12-10-27)24(30)21-15-18(25)5-8-22(21)26/h5-8,13,15,17H,2-4,9-12,14H2,1H3. The number of hydrogen-bond donors (Lipinski definition) is 0. The van der Waals surface area contributed by atoms with Crippen molar-refractivity contribution in [3.05, 3.63) is 63.9 Å². The summed E-state index contributed by atoms with van der Waals surface area (Å²) in [6.45, 7) is 1.67. The lowest BCUT2D eigenvalue weighted by Gasteiger charge is -2.36. The zero-order chi connectivity index (χ0) is 22.0. The fourth-order valence-corrected chi connectivity index (χ4v) is 4.73. The number of benzene rings is 2. The van der Waals surface area contributed by atoms with Gasteiger partial charge in [0.15, 0.2) is 0 Å². The van der Waals surface area contributed by atoms with E-state index < -0.39 is 5.82 Å². The molecule has 0 spiro atoms. The number of piperazine rings is 1. The van der Waals surface area contributed by atoms with Gasteiger partial charge in [-0.25, -0.2) is 4.39 Å². The number of aryl methyl sites for hydroxylation is 1. The summed E-state index contributed by atoms with van der Waals surface area (Å²) in [6.07, 6.45) is 3.54. The molecule has 2 aromatic carbocycles. The Morgan fingerprint density at radius 2 is 1.84 bits per heavy atom. The molecule has 7 heteroatoms. The van der Waals surface area contributed by atoms with Crippen LogP contribution < -0.4 is 4.74 Å². The van der Waals surface area contributed by atoms with Gasteiger partial charge in [0.2, 0.25) is 5.91 Å². The van der Waals surface area contributed by atoms with Gasteiger partial charge in [0.1, 0.15) is 11.6 Å². The van der Waals surface area contributed by atoms with Crippen molar-refractivity contribution in [1.82, 2.24) is 9.80 Å². The van der Waals surface area contributed by atoms with Gasteiger partial charge >= 0.3 is 0 Å². The third kappa shape index (κ3) is 4.69. The molecule has 31 heavy (non-hydrogen) atoms. The van der Waals surface area contributed by atoms with Crippen LogP contribution in [0.3, 0.4) is 0 Å². The van der Waals surface area contributed by atoms with E-state index in [1.54, 1.807) is 12.0 Å². The van der Waals surface area contributed by atoms with Crippen LogP contribution in [0.15, 0.2) is 36.4 Å². The van der Waals surface area contributed by atoms with Gasteiger partial charge in [-0.05, 0) is 66.6 Å². The van der Waals surface area contributed by atoms with Crippen molar-refractivity contribution in [2.45, 2.75) is 31.6 Å². The minimum Gasteiger partial charge on any atom is -0.497 e. The van der Waals surface area contributed by atoms with Crippen LogP contribution >= 0.6 is 11.6 Å². The first-order valence-electron chi connectivity index (χ1n) is 10.6. The molecule has 4 rings (SSSR count). The molecular formula is C24H26ClFN2O3. The summed E-state index contributed by atoms with van der Waals surface area (Å²) in [5.41, 5.74) is 2.48. The molecule has 1 heterocycles. The van der Waals surface area contributed by atoms with E-state index in [2.05, 4.69) is 12.1 Å². The topological polar surface area (TPSA) is 49.9 Å². The zero-order valence-corrected chi connectivity index (χ0v) is 18.3. The minimum atomic E-state index is -0.583. The molecule has 2 aromatic rings. The normalized spacial score (nSPS) is 18.5. The molecule has 164 valence electrons. The number of amides is 2. The van der Waals surface area contributed by atoms with Crippen molar-refractivity contribution in [1.29, 1.82) is 0 Å². The van der Waals surface area contributed by atoms with Crippen LogP contribution in [0.5, 0.6) is 5.75 Å². The summed E-state index contributed by atoms with van der Waals surface area (Å²) in [5, 5.41) is 0.323.